The topological polar surface area (TPSA) is 66.8 Å². The summed E-state index contributed by atoms with van der Waals surface area (Å²) in [5, 5.41) is 11.3. The number of rotatable bonds is 5. The Labute approximate surface area is 162 Å². The average molecular weight is 384 g/mol. The molecule has 1 amide bonds. The van der Waals surface area contributed by atoms with Crippen LogP contribution in [0, 0.1) is 0 Å². The Balaban J connectivity index is 2.16. The number of aliphatic hydroxyl groups excluding tert-OH is 1. The number of amides is 1. The molecule has 0 bridgehead atoms. The van der Waals surface area contributed by atoms with Gasteiger partial charge in [0, 0.05) is 17.1 Å². The summed E-state index contributed by atoms with van der Waals surface area (Å²) in [5.41, 5.74) is 1.14. The lowest BCUT2D eigenvalue weighted by Gasteiger charge is -2.24. The van der Waals surface area contributed by atoms with Gasteiger partial charge in [0.25, 0.3) is 11.7 Å². The van der Waals surface area contributed by atoms with Crippen molar-refractivity contribution >= 4 is 29.1 Å². The van der Waals surface area contributed by atoms with Crippen LogP contribution >= 0.6 is 11.6 Å². The molecule has 0 spiro atoms. The van der Waals surface area contributed by atoms with Crippen molar-refractivity contribution in [2.75, 3.05) is 13.7 Å². The zero-order valence-corrected chi connectivity index (χ0v) is 15.4. The molecule has 0 unspecified atom stereocenters. The normalized spacial score (nSPS) is 18.6. The van der Waals surface area contributed by atoms with E-state index in [9.17, 15) is 14.7 Å². The lowest BCUT2D eigenvalue weighted by Crippen LogP contribution is -2.29. The van der Waals surface area contributed by atoms with Crippen molar-refractivity contribution in [1.82, 2.24) is 4.90 Å². The summed E-state index contributed by atoms with van der Waals surface area (Å²) in [6, 6.07) is 12.7. The van der Waals surface area contributed by atoms with E-state index in [2.05, 4.69) is 6.58 Å². The summed E-state index contributed by atoms with van der Waals surface area (Å²) >= 11 is 5.90. The molecule has 2 aromatic carbocycles. The highest BCUT2D eigenvalue weighted by molar-refractivity contribution is 6.46. The summed E-state index contributed by atoms with van der Waals surface area (Å²) in [6.45, 7) is 3.84. The van der Waals surface area contributed by atoms with E-state index < -0.39 is 17.7 Å². The van der Waals surface area contributed by atoms with Crippen LogP contribution in [0.1, 0.15) is 17.2 Å². The molecule has 5 nitrogen and oxygen atoms in total. The minimum Gasteiger partial charge on any atom is -0.507 e. The van der Waals surface area contributed by atoms with Gasteiger partial charge >= 0.3 is 0 Å². The second-order valence-electron chi connectivity index (χ2n) is 6.02. The first-order valence-corrected chi connectivity index (χ1v) is 8.65. The molecule has 1 atom stereocenters. The van der Waals surface area contributed by atoms with Gasteiger partial charge in [-0.2, -0.15) is 0 Å². The Hall–Kier alpha value is -3.05. The quantitative estimate of drug-likeness (QED) is 0.367. The lowest BCUT2D eigenvalue weighted by atomic mass is 9.95. The Kier molecular flexibility index (Phi) is 5.33. The van der Waals surface area contributed by atoms with Crippen molar-refractivity contribution in [3.63, 3.8) is 0 Å². The second kappa shape index (κ2) is 7.68. The third-order valence-corrected chi connectivity index (χ3v) is 4.67. The van der Waals surface area contributed by atoms with Crippen molar-refractivity contribution in [2.24, 2.45) is 0 Å². The lowest BCUT2D eigenvalue weighted by molar-refractivity contribution is -0.139. The van der Waals surface area contributed by atoms with Crippen LogP contribution in [0.2, 0.25) is 5.02 Å². The van der Waals surface area contributed by atoms with Crippen LogP contribution in [0.3, 0.4) is 0 Å². The van der Waals surface area contributed by atoms with Gasteiger partial charge in [-0.15, -0.1) is 6.58 Å². The third-order valence-electron chi connectivity index (χ3n) is 4.41. The van der Waals surface area contributed by atoms with Gasteiger partial charge in [0.15, 0.2) is 0 Å². The second-order valence-corrected chi connectivity index (χ2v) is 6.46. The van der Waals surface area contributed by atoms with Crippen molar-refractivity contribution in [2.45, 2.75) is 6.04 Å². The van der Waals surface area contributed by atoms with Crippen LogP contribution in [0.4, 0.5) is 0 Å². The molecule has 0 aromatic heterocycles. The first-order chi connectivity index (χ1) is 13.0. The number of likely N-dealkylation sites (tertiary alicyclic amines) is 1. The SMILES string of the molecule is C=CCN1C(=O)C(=O)/C(=C(/O)c2ccc(Cl)cc2)[C@@H]1c1ccc(OC)cc1. The number of hydrogen-bond acceptors (Lipinski definition) is 4. The van der Waals surface area contributed by atoms with Crippen molar-refractivity contribution in [3.05, 3.63) is 82.9 Å². The molecular formula is C21H18ClNO4. The van der Waals surface area contributed by atoms with Gasteiger partial charge in [-0.25, -0.2) is 0 Å². The molecule has 0 saturated carbocycles. The van der Waals surface area contributed by atoms with Gasteiger partial charge in [0.2, 0.25) is 0 Å². The van der Waals surface area contributed by atoms with E-state index in [0.29, 0.717) is 21.9 Å². The van der Waals surface area contributed by atoms with Crippen LogP contribution in [-0.4, -0.2) is 35.4 Å². The van der Waals surface area contributed by atoms with Crippen molar-refractivity contribution in [1.29, 1.82) is 0 Å². The summed E-state index contributed by atoms with van der Waals surface area (Å²) in [6.07, 6.45) is 1.55. The molecule has 2 aromatic rings. The number of carbonyl (C=O) groups is 2. The van der Waals surface area contributed by atoms with Crippen molar-refractivity contribution in [3.8, 4) is 5.75 Å². The monoisotopic (exact) mass is 383 g/mol. The van der Waals surface area contributed by atoms with Gasteiger partial charge in [0.05, 0.1) is 18.7 Å². The van der Waals surface area contributed by atoms with E-state index >= 15 is 0 Å². The number of Topliss-reactive ketones (excluding diaryl/α,β-unsaturated/α-hetero) is 1. The molecular weight excluding hydrogens is 366 g/mol. The fourth-order valence-corrected chi connectivity index (χ4v) is 3.23. The molecule has 1 N–H and O–H groups in total. The number of ether oxygens (including phenoxy) is 1. The first-order valence-electron chi connectivity index (χ1n) is 8.27. The molecule has 1 aliphatic rings. The largest absolute Gasteiger partial charge is 0.507 e. The molecule has 0 radical (unpaired) electrons. The number of carbonyl (C=O) groups excluding carboxylic acids is 2. The minimum atomic E-state index is -0.731. The smallest absolute Gasteiger partial charge is 0.295 e. The van der Waals surface area contributed by atoms with E-state index in [4.69, 9.17) is 16.3 Å². The molecule has 138 valence electrons. The van der Waals surface area contributed by atoms with Crippen LogP contribution in [0.5, 0.6) is 5.75 Å². The predicted octanol–water partition coefficient (Wildman–Crippen LogP) is 3.96. The van der Waals surface area contributed by atoms with Gasteiger partial charge in [0.1, 0.15) is 11.5 Å². The van der Waals surface area contributed by atoms with Gasteiger partial charge in [-0.05, 0) is 42.0 Å². The summed E-state index contributed by atoms with van der Waals surface area (Å²) in [4.78, 5) is 26.6. The fourth-order valence-electron chi connectivity index (χ4n) is 3.10. The number of hydrogen-bond donors (Lipinski definition) is 1. The molecule has 1 aliphatic heterocycles. The number of halogens is 1. The molecule has 1 saturated heterocycles. The molecule has 1 heterocycles. The van der Waals surface area contributed by atoms with E-state index in [1.54, 1.807) is 61.7 Å². The maximum absolute atomic E-state index is 12.7. The average Bonchev–Trinajstić information content (AvgIpc) is 2.93. The zero-order chi connectivity index (χ0) is 19.6. The Morgan fingerprint density at radius 1 is 1.19 bits per heavy atom. The summed E-state index contributed by atoms with van der Waals surface area (Å²) in [5.74, 6) is -0.995. The highest BCUT2D eigenvalue weighted by Gasteiger charge is 2.45. The maximum Gasteiger partial charge on any atom is 0.295 e. The summed E-state index contributed by atoms with van der Waals surface area (Å²) < 4.78 is 5.17. The van der Waals surface area contributed by atoms with E-state index in [0.717, 1.165) is 0 Å². The van der Waals surface area contributed by atoms with Crippen molar-refractivity contribution < 1.29 is 19.4 Å². The van der Waals surface area contributed by atoms with E-state index in [1.807, 2.05) is 0 Å². The molecule has 3 rings (SSSR count). The highest BCUT2D eigenvalue weighted by atomic mass is 35.5. The molecule has 27 heavy (non-hydrogen) atoms. The Bertz CT molecular complexity index is 916. The number of ketones is 1. The number of aliphatic hydroxyl groups is 1. The fraction of sp³-hybridized carbons (Fsp3) is 0.143. The predicted molar refractivity (Wildman–Crippen MR) is 104 cm³/mol. The number of benzene rings is 2. The van der Waals surface area contributed by atoms with Crippen LogP contribution in [0.15, 0.2) is 66.8 Å². The first kappa shape index (κ1) is 18.7. The Morgan fingerprint density at radius 2 is 1.81 bits per heavy atom. The van der Waals surface area contributed by atoms with Crippen LogP contribution in [-0.2, 0) is 9.59 Å². The highest BCUT2D eigenvalue weighted by Crippen LogP contribution is 2.39. The third kappa shape index (κ3) is 3.46. The Morgan fingerprint density at radius 3 is 2.37 bits per heavy atom. The van der Waals surface area contributed by atoms with E-state index in [-0.39, 0.29) is 17.9 Å². The zero-order valence-electron chi connectivity index (χ0n) is 14.7. The maximum atomic E-state index is 12.7. The van der Waals surface area contributed by atoms with Crippen LogP contribution in [0.25, 0.3) is 5.76 Å². The van der Waals surface area contributed by atoms with Crippen LogP contribution < -0.4 is 4.74 Å². The van der Waals surface area contributed by atoms with Gasteiger partial charge in [-0.3, -0.25) is 9.59 Å². The van der Waals surface area contributed by atoms with Gasteiger partial charge in [-0.1, -0.05) is 29.8 Å². The van der Waals surface area contributed by atoms with E-state index in [1.165, 1.54) is 4.90 Å². The standard InChI is InChI=1S/C21H18ClNO4/c1-3-12-23-18(13-6-10-16(27-2)11-7-13)17(20(25)21(23)26)19(24)14-4-8-15(22)9-5-14/h3-11,18,24H,1,12H2,2H3/b19-17+/t18-/m0/s1. The minimum absolute atomic E-state index is 0.0364. The number of nitrogens with zero attached hydrogens (tertiary/aromatic N) is 1. The molecule has 6 heteroatoms. The molecule has 1 fully saturated rings. The number of methoxy groups -OCH3 is 1. The summed E-state index contributed by atoms with van der Waals surface area (Å²) in [7, 11) is 1.55. The van der Waals surface area contributed by atoms with Gasteiger partial charge < -0.3 is 14.7 Å². The molecule has 0 aliphatic carbocycles.